The standard InChI is InChI=1S/C21H22N4O2S/c1-11-16-12(2)22-18(13-9-10-13)24-20(16)28-17(11)19(26)23-15-8-6-5-7-14(15)21(27)25(3)4/h5-8,13H,9-10H2,1-4H3,(H,23,26). The molecule has 28 heavy (non-hydrogen) atoms. The first-order valence-electron chi connectivity index (χ1n) is 9.26. The number of anilines is 1. The van der Waals surface area contributed by atoms with E-state index in [1.165, 1.54) is 16.2 Å². The maximum absolute atomic E-state index is 13.0. The fourth-order valence-corrected chi connectivity index (χ4v) is 4.43. The Bertz CT molecular complexity index is 1100. The molecule has 4 rings (SSSR count). The zero-order valence-corrected chi connectivity index (χ0v) is 17.2. The van der Waals surface area contributed by atoms with Crippen LogP contribution >= 0.6 is 11.3 Å². The number of nitrogens with zero attached hydrogens (tertiary/aromatic N) is 3. The van der Waals surface area contributed by atoms with E-state index < -0.39 is 0 Å². The largest absolute Gasteiger partial charge is 0.345 e. The van der Waals surface area contributed by atoms with Crippen LogP contribution in [0.4, 0.5) is 5.69 Å². The third kappa shape index (κ3) is 3.26. The molecule has 0 spiro atoms. The molecule has 6 nitrogen and oxygen atoms in total. The average Bonchev–Trinajstić information content (AvgIpc) is 3.45. The highest BCUT2D eigenvalue weighted by atomic mass is 32.1. The van der Waals surface area contributed by atoms with E-state index in [2.05, 4.69) is 10.3 Å². The van der Waals surface area contributed by atoms with Gasteiger partial charge in [0, 0.05) is 25.4 Å². The van der Waals surface area contributed by atoms with Crippen LogP contribution in [0.5, 0.6) is 0 Å². The van der Waals surface area contributed by atoms with Gasteiger partial charge in [-0.1, -0.05) is 12.1 Å². The summed E-state index contributed by atoms with van der Waals surface area (Å²) in [5, 5.41) is 3.87. The zero-order valence-electron chi connectivity index (χ0n) is 16.4. The number of carbonyl (C=O) groups is 2. The third-order valence-electron chi connectivity index (χ3n) is 4.95. The molecule has 0 radical (unpaired) electrons. The number of amides is 2. The van der Waals surface area contributed by atoms with E-state index in [1.807, 2.05) is 13.8 Å². The molecule has 0 unspecified atom stereocenters. The summed E-state index contributed by atoms with van der Waals surface area (Å²) >= 11 is 1.39. The first-order valence-corrected chi connectivity index (χ1v) is 10.1. The number of hydrogen-bond acceptors (Lipinski definition) is 5. The molecule has 1 aromatic carbocycles. The van der Waals surface area contributed by atoms with Crippen molar-refractivity contribution in [2.75, 3.05) is 19.4 Å². The van der Waals surface area contributed by atoms with Crippen LogP contribution in [-0.4, -0.2) is 40.8 Å². The lowest BCUT2D eigenvalue weighted by molar-refractivity contribution is 0.0828. The van der Waals surface area contributed by atoms with Gasteiger partial charge in [-0.25, -0.2) is 9.97 Å². The molecule has 7 heteroatoms. The number of rotatable bonds is 4. The molecular weight excluding hydrogens is 372 g/mol. The Morgan fingerprint density at radius 2 is 1.86 bits per heavy atom. The predicted molar refractivity (Wildman–Crippen MR) is 111 cm³/mol. The molecule has 0 aliphatic heterocycles. The number of nitrogens with one attached hydrogen (secondary N) is 1. The van der Waals surface area contributed by atoms with E-state index in [0.29, 0.717) is 22.0 Å². The van der Waals surface area contributed by atoms with Crippen LogP contribution in [0.2, 0.25) is 0 Å². The second-order valence-corrected chi connectivity index (χ2v) is 8.38. The quantitative estimate of drug-likeness (QED) is 0.722. The second-order valence-electron chi connectivity index (χ2n) is 7.38. The van der Waals surface area contributed by atoms with Gasteiger partial charge in [0.1, 0.15) is 10.7 Å². The van der Waals surface area contributed by atoms with Crippen molar-refractivity contribution in [3.8, 4) is 0 Å². The Balaban J connectivity index is 1.70. The number of aromatic nitrogens is 2. The highest BCUT2D eigenvalue weighted by Gasteiger charge is 2.28. The number of aryl methyl sites for hydroxylation is 2. The van der Waals surface area contributed by atoms with E-state index in [1.54, 1.807) is 38.4 Å². The fraction of sp³-hybridized carbons (Fsp3) is 0.333. The molecule has 2 aromatic heterocycles. The molecule has 1 fully saturated rings. The van der Waals surface area contributed by atoms with Gasteiger partial charge in [-0.3, -0.25) is 9.59 Å². The molecule has 2 heterocycles. The molecule has 2 amide bonds. The fourth-order valence-electron chi connectivity index (χ4n) is 3.30. The highest BCUT2D eigenvalue weighted by molar-refractivity contribution is 7.20. The monoisotopic (exact) mass is 394 g/mol. The summed E-state index contributed by atoms with van der Waals surface area (Å²) in [7, 11) is 3.38. The maximum Gasteiger partial charge on any atom is 0.266 e. The average molecular weight is 395 g/mol. The van der Waals surface area contributed by atoms with Crippen molar-refractivity contribution < 1.29 is 9.59 Å². The van der Waals surface area contributed by atoms with Crippen molar-refractivity contribution in [3.63, 3.8) is 0 Å². The van der Waals surface area contributed by atoms with Gasteiger partial charge in [0.25, 0.3) is 11.8 Å². The SMILES string of the molecule is Cc1nc(C2CC2)nc2sc(C(=O)Nc3ccccc3C(=O)N(C)C)c(C)c12. The van der Waals surface area contributed by atoms with Crippen molar-refractivity contribution in [1.82, 2.24) is 14.9 Å². The van der Waals surface area contributed by atoms with Gasteiger partial charge < -0.3 is 10.2 Å². The van der Waals surface area contributed by atoms with Crippen LogP contribution in [0.25, 0.3) is 10.2 Å². The van der Waals surface area contributed by atoms with Gasteiger partial charge in [-0.15, -0.1) is 11.3 Å². The Morgan fingerprint density at radius 3 is 2.54 bits per heavy atom. The van der Waals surface area contributed by atoms with Crippen LogP contribution in [0.3, 0.4) is 0 Å². The molecule has 1 aliphatic carbocycles. The number of carbonyl (C=O) groups excluding carboxylic acids is 2. The number of hydrogen-bond donors (Lipinski definition) is 1. The summed E-state index contributed by atoms with van der Waals surface area (Å²) in [4.78, 5) is 37.7. The summed E-state index contributed by atoms with van der Waals surface area (Å²) in [6.07, 6.45) is 2.28. The summed E-state index contributed by atoms with van der Waals surface area (Å²) in [6.45, 7) is 3.90. The Hall–Kier alpha value is -2.80. The van der Waals surface area contributed by atoms with Crippen molar-refractivity contribution in [1.29, 1.82) is 0 Å². The topological polar surface area (TPSA) is 75.2 Å². The first kappa shape index (κ1) is 18.6. The van der Waals surface area contributed by atoms with Crippen molar-refractivity contribution in [2.24, 2.45) is 0 Å². The van der Waals surface area contributed by atoms with Crippen LogP contribution in [-0.2, 0) is 0 Å². The van der Waals surface area contributed by atoms with Gasteiger partial charge in [0.2, 0.25) is 0 Å². The van der Waals surface area contributed by atoms with E-state index in [-0.39, 0.29) is 11.8 Å². The maximum atomic E-state index is 13.0. The van der Waals surface area contributed by atoms with Gasteiger partial charge in [-0.05, 0) is 44.4 Å². The summed E-state index contributed by atoms with van der Waals surface area (Å²) < 4.78 is 0. The first-order chi connectivity index (χ1) is 13.4. The van der Waals surface area contributed by atoms with Gasteiger partial charge in [0.05, 0.1) is 21.8 Å². The molecule has 0 saturated heterocycles. The Labute approximate surface area is 167 Å². The van der Waals surface area contributed by atoms with Crippen molar-refractivity contribution in [3.05, 3.63) is 51.8 Å². The molecule has 1 N–H and O–H groups in total. The molecular formula is C21H22N4O2S. The molecule has 3 aromatic rings. The summed E-state index contributed by atoms with van der Waals surface area (Å²) in [6, 6.07) is 7.05. The lowest BCUT2D eigenvalue weighted by Gasteiger charge is -2.14. The smallest absolute Gasteiger partial charge is 0.266 e. The van der Waals surface area contributed by atoms with E-state index in [0.717, 1.165) is 40.1 Å². The summed E-state index contributed by atoms with van der Waals surface area (Å²) in [5.41, 5.74) is 2.77. The molecule has 1 saturated carbocycles. The van der Waals surface area contributed by atoms with E-state index >= 15 is 0 Å². The number of benzene rings is 1. The highest BCUT2D eigenvalue weighted by Crippen LogP contribution is 2.40. The molecule has 0 atom stereocenters. The summed E-state index contributed by atoms with van der Waals surface area (Å²) in [5.74, 6) is 0.971. The minimum Gasteiger partial charge on any atom is -0.345 e. The molecule has 0 bridgehead atoms. The Kier molecular flexibility index (Phi) is 4.63. The zero-order chi connectivity index (χ0) is 20.0. The van der Waals surface area contributed by atoms with Gasteiger partial charge in [0.15, 0.2) is 0 Å². The molecule has 144 valence electrons. The number of thiophene rings is 1. The van der Waals surface area contributed by atoms with Crippen LogP contribution in [0, 0.1) is 13.8 Å². The van der Waals surface area contributed by atoms with Crippen molar-refractivity contribution in [2.45, 2.75) is 32.6 Å². The van der Waals surface area contributed by atoms with Crippen LogP contribution in [0.1, 0.15) is 55.9 Å². The normalized spacial score (nSPS) is 13.6. The number of para-hydroxylation sites is 1. The van der Waals surface area contributed by atoms with Gasteiger partial charge >= 0.3 is 0 Å². The third-order valence-corrected chi connectivity index (χ3v) is 6.13. The second kappa shape index (κ2) is 6.98. The minimum atomic E-state index is -0.230. The van der Waals surface area contributed by atoms with Gasteiger partial charge in [-0.2, -0.15) is 0 Å². The lowest BCUT2D eigenvalue weighted by Crippen LogP contribution is -2.24. The van der Waals surface area contributed by atoms with Crippen molar-refractivity contribution >= 4 is 39.1 Å². The predicted octanol–water partition coefficient (Wildman–Crippen LogP) is 4.14. The number of fused-ring (bicyclic) bond motifs is 1. The van der Waals surface area contributed by atoms with Crippen LogP contribution < -0.4 is 5.32 Å². The lowest BCUT2D eigenvalue weighted by atomic mass is 10.1. The van der Waals surface area contributed by atoms with E-state index in [4.69, 9.17) is 4.98 Å². The van der Waals surface area contributed by atoms with E-state index in [9.17, 15) is 9.59 Å². The molecule has 1 aliphatic rings. The Morgan fingerprint density at radius 1 is 1.14 bits per heavy atom. The van der Waals surface area contributed by atoms with Crippen LogP contribution in [0.15, 0.2) is 24.3 Å². The minimum absolute atomic E-state index is 0.153.